The summed E-state index contributed by atoms with van der Waals surface area (Å²) in [6.07, 6.45) is 6.95. The van der Waals surface area contributed by atoms with Crippen molar-refractivity contribution in [1.29, 1.82) is 0 Å². The van der Waals surface area contributed by atoms with Crippen molar-refractivity contribution in [2.75, 3.05) is 0 Å². The second-order valence-corrected chi connectivity index (χ2v) is 13.1. The third-order valence-electron chi connectivity index (χ3n) is 11.1. The molecule has 2 nitrogen and oxygen atoms in total. The molecule has 0 saturated heterocycles. The minimum Gasteiger partial charge on any atom is -0.248 e. The van der Waals surface area contributed by atoms with Gasteiger partial charge in [0.2, 0.25) is 0 Å². The van der Waals surface area contributed by atoms with Crippen LogP contribution in [-0.4, -0.2) is 9.97 Å². The summed E-state index contributed by atoms with van der Waals surface area (Å²) in [5.41, 5.74) is 18.8. The van der Waals surface area contributed by atoms with Crippen molar-refractivity contribution in [3.05, 3.63) is 165 Å². The van der Waals surface area contributed by atoms with Crippen molar-refractivity contribution >= 4 is 33.0 Å². The SMILES string of the molecule is C/C=C(\C=C(/C)c1nc2ccccc2c2c1C1CC2c2ccccc21)c1nc2ccccc2c2c1C1CC2c2ccccc21. The molecule has 0 amide bonds. The van der Waals surface area contributed by atoms with Gasteiger partial charge in [0.25, 0.3) is 0 Å². The van der Waals surface area contributed by atoms with Crippen LogP contribution in [-0.2, 0) is 0 Å². The molecular formula is C42H32N2. The van der Waals surface area contributed by atoms with E-state index in [1.165, 1.54) is 66.4 Å². The summed E-state index contributed by atoms with van der Waals surface area (Å²) in [6, 6.07) is 35.7. The van der Waals surface area contributed by atoms with Gasteiger partial charge in [-0.05, 0) is 101 Å². The average molecular weight is 565 g/mol. The highest BCUT2D eigenvalue weighted by atomic mass is 14.7. The molecule has 0 spiro atoms. The average Bonchev–Trinajstić information content (AvgIpc) is 3.86. The summed E-state index contributed by atoms with van der Waals surface area (Å²) in [6.45, 7) is 4.43. The summed E-state index contributed by atoms with van der Waals surface area (Å²) in [5, 5.41) is 2.63. The van der Waals surface area contributed by atoms with Crippen LogP contribution in [0.4, 0.5) is 0 Å². The zero-order valence-electron chi connectivity index (χ0n) is 25.0. The lowest BCUT2D eigenvalue weighted by Crippen LogP contribution is -2.10. The molecule has 4 atom stereocenters. The normalized spacial score (nSPS) is 22.4. The summed E-state index contributed by atoms with van der Waals surface area (Å²) in [5.74, 6) is 1.71. The van der Waals surface area contributed by atoms with Gasteiger partial charge in [-0.1, -0.05) is 91.0 Å². The number of hydrogen-bond acceptors (Lipinski definition) is 2. The first-order chi connectivity index (χ1) is 21.7. The van der Waals surface area contributed by atoms with Crippen LogP contribution in [0.1, 0.15) is 106 Å². The third kappa shape index (κ3) is 3.11. The molecule has 44 heavy (non-hydrogen) atoms. The molecule has 10 rings (SSSR count). The van der Waals surface area contributed by atoms with E-state index in [0.29, 0.717) is 23.7 Å². The molecule has 0 saturated carbocycles. The van der Waals surface area contributed by atoms with Crippen LogP contribution in [0.3, 0.4) is 0 Å². The first-order valence-corrected chi connectivity index (χ1v) is 16.1. The lowest BCUT2D eigenvalue weighted by molar-refractivity contribution is 0.796. The van der Waals surface area contributed by atoms with E-state index < -0.39 is 0 Å². The number of hydrogen-bond donors (Lipinski definition) is 0. The molecular weight excluding hydrogens is 532 g/mol. The second-order valence-electron chi connectivity index (χ2n) is 13.1. The Balaban J connectivity index is 1.17. The van der Waals surface area contributed by atoms with Crippen LogP contribution < -0.4 is 0 Å². The van der Waals surface area contributed by atoms with Gasteiger partial charge in [0.15, 0.2) is 0 Å². The molecule has 2 heterocycles. The van der Waals surface area contributed by atoms with Gasteiger partial charge in [-0.3, -0.25) is 0 Å². The lowest BCUT2D eigenvalue weighted by Gasteiger charge is -2.25. The summed E-state index contributed by atoms with van der Waals surface area (Å²) in [4.78, 5) is 10.8. The van der Waals surface area contributed by atoms with Gasteiger partial charge in [0.1, 0.15) is 0 Å². The van der Waals surface area contributed by atoms with Gasteiger partial charge in [0.05, 0.1) is 22.4 Å². The molecule has 4 unspecified atom stereocenters. The quantitative estimate of drug-likeness (QED) is 0.200. The number of para-hydroxylation sites is 2. The predicted octanol–water partition coefficient (Wildman–Crippen LogP) is 10.3. The maximum atomic E-state index is 5.41. The Morgan fingerprint density at radius 1 is 0.545 bits per heavy atom. The minimum atomic E-state index is 0.400. The zero-order chi connectivity index (χ0) is 29.1. The first-order valence-electron chi connectivity index (χ1n) is 16.1. The van der Waals surface area contributed by atoms with E-state index >= 15 is 0 Å². The van der Waals surface area contributed by atoms with Gasteiger partial charge >= 0.3 is 0 Å². The van der Waals surface area contributed by atoms with E-state index in [1.807, 2.05) is 0 Å². The van der Waals surface area contributed by atoms with E-state index in [-0.39, 0.29) is 0 Å². The highest BCUT2D eigenvalue weighted by molar-refractivity contribution is 5.95. The van der Waals surface area contributed by atoms with Crippen LogP contribution in [0.5, 0.6) is 0 Å². The fraction of sp³-hybridized carbons (Fsp3) is 0.190. The van der Waals surface area contributed by atoms with Crippen LogP contribution in [0.15, 0.2) is 109 Å². The molecule has 0 N–H and O–H groups in total. The van der Waals surface area contributed by atoms with Gasteiger partial charge in [-0.2, -0.15) is 0 Å². The van der Waals surface area contributed by atoms with E-state index in [2.05, 4.69) is 123 Å². The largest absolute Gasteiger partial charge is 0.248 e. The summed E-state index contributed by atoms with van der Waals surface area (Å²) < 4.78 is 0. The van der Waals surface area contributed by atoms with E-state index in [4.69, 9.17) is 9.97 Å². The maximum Gasteiger partial charge on any atom is 0.0747 e. The number of rotatable bonds is 3. The Morgan fingerprint density at radius 3 is 1.45 bits per heavy atom. The highest BCUT2D eigenvalue weighted by Crippen LogP contribution is 2.61. The van der Waals surface area contributed by atoms with Crippen molar-refractivity contribution in [2.24, 2.45) is 0 Å². The maximum absolute atomic E-state index is 5.41. The number of benzene rings is 4. The van der Waals surface area contributed by atoms with Crippen molar-refractivity contribution in [3.63, 3.8) is 0 Å². The Kier molecular flexibility index (Phi) is 4.95. The van der Waals surface area contributed by atoms with Gasteiger partial charge in [-0.25, -0.2) is 9.97 Å². The standard InChI is InChI=1S/C42H32N2/c1-3-24(42-40-34-22-32(26-13-5-7-15-28(26)34)38(40)30-17-9-11-19-36(30)44-42)20-23(2)41-39-33-21-31(25-12-4-6-14-27(25)33)37(39)29-16-8-10-18-35(29)43-41/h3-20,31-34H,21-22H2,1-2H3/b23-20+,24-3+. The van der Waals surface area contributed by atoms with Crippen molar-refractivity contribution < 1.29 is 0 Å². The second kappa shape index (κ2) is 8.86. The molecule has 0 aliphatic heterocycles. The highest BCUT2D eigenvalue weighted by Gasteiger charge is 2.46. The monoisotopic (exact) mass is 564 g/mol. The molecule has 4 aliphatic rings. The summed E-state index contributed by atoms with van der Waals surface area (Å²) in [7, 11) is 0. The van der Waals surface area contributed by atoms with Crippen molar-refractivity contribution in [2.45, 2.75) is 50.4 Å². The molecule has 4 aromatic carbocycles. The zero-order valence-corrected chi connectivity index (χ0v) is 25.0. The topological polar surface area (TPSA) is 25.8 Å². The van der Waals surface area contributed by atoms with Crippen LogP contribution in [0.25, 0.3) is 33.0 Å². The van der Waals surface area contributed by atoms with Gasteiger partial charge < -0.3 is 0 Å². The smallest absolute Gasteiger partial charge is 0.0747 e. The number of fused-ring (bicyclic) bond motifs is 20. The van der Waals surface area contributed by atoms with Crippen molar-refractivity contribution in [3.8, 4) is 0 Å². The summed E-state index contributed by atoms with van der Waals surface area (Å²) >= 11 is 0. The molecule has 210 valence electrons. The molecule has 4 bridgehead atoms. The first kappa shape index (κ1) is 24.6. The van der Waals surface area contributed by atoms with Crippen LogP contribution in [0, 0.1) is 0 Å². The van der Waals surface area contributed by atoms with E-state index in [9.17, 15) is 0 Å². The van der Waals surface area contributed by atoms with Crippen LogP contribution >= 0.6 is 0 Å². The third-order valence-corrected chi connectivity index (χ3v) is 11.1. The van der Waals surface area contributed by atoms with Crippen molar-refractivity contribution in [1.82, 2.24) is 9.97 Å². The molecule has 0 radical (unpaired) electrons. The Hall–Kier alpha value is -4.82. The van der Waals surface area contributed by atoms with Gasteiger partial charge in [0, 0.05) is 34.4 Å². The number of allylic oxidation sites excluding steroid dienone is 4. The predicted molar refractivity (Wildman–Crippen MR) is 180 cm³/mol. The van der Waals surface area contributed by atoms with Gasteiger partial charge in [-0.15, -0.1) is 0 Å². The Labute approximate surface area is 257 Å². The minimum absolute atomic E-state index is 0.400. The molecule has 2 aromatic heterocycles. The van der Waals surface area contributed by atoms with Crippen LogP contribution in [0.2, 0.25) is 0 Å². The molecule has 0 fully saturated rings. The Morgan fingerprint density at radius 2 is 0.955 bits per heavy atom. The van der Waals surface area contributed by atoms with E-state index in [1.54, 1.807) is 0 Å². The Bertz CT molecular complexity index is 2290. The number of pyridine rings is 2. The lowest BCUT2D eigenvalue weighted by atomic mass is 9.81. The molecule has 4 aliphatic carbocycles. The fourth-order valence-electron chi connectivity index (χ4n) is 9.44. The molecule has 2 heteroatoms. The molecule has 6 aromatic rings. The number of nitrogens with zero attached hydrogens (tertiary/aromatic N) is 2. The van der Waals surface area contributed by atoms with E-state index in [0.717, 1.165) is 35.3 Å². The number of aromatic nitrogens is 2. The fourth-order valence-corrected chi connectivity index (χ4v) is 9.44.